The number of phenols is 1. The van der Waals surface area contributed by atoms with E-state index in [9.17, 15) is 5.11 Å². The van der Waals surface area contributed by atoms with Crippen molar-refractivity contribution >= 4 is 11.5 Å². The van der Waals surface area contributed by atoms with Gasteiger partial charge in [0.15, 0.2) is 0 Å². The Morgan fingerprint density at radius 1 is 1.41 bits per heavy atom. The summed E-state index contributed by atoms with van der Waals surface area (Å²) in [5.74, 6) is 0.208. The minimum Gasteiger partial charge on any atom is -0.508 e. The molecular weight excluding hydrogens is 216 g/mol. The van der Waals surface area contributed by atoms with Gasteiger partial charge in [-0.15, -0.1) is 0 Å². The van der Waals surface area contributed by atoms with Crippen LogP contribution in [0.25, 0.3) is 5.57 Å². The van der Waals surface area contributed by atoms with Gasteiger partial charge < -0.3 is 10.2 Å². The Hall–Kier alpha value is -1.77. The maximum atomic E-state index is 9.34. The minimum absolute atomic E-state index is 0.406. The summed E-state index contributed by atoms with van der Waals surface area (Å²) < 4.78 is 0. The molecule has 2 N–H and O–H groups in total. The van der Waals surface area contributed by atoms with Gasteiger partial charge >= 0.3 is 0 Å². The molecule has 0 spiro atoms. The summed E-state index contributed by atoms with van der Waals surface area (Å²) in [6.07, 6.45) is 6.14. The molecule has 0 bridgehead atoms. The van der Waals surface area contributed by atoms with E-state index in [1.807, 2.05) is 12.1 Å². The van der Waals surface area contributed by atoms with Crippen LogP contribution in [0.4, 0.5) is 0 Å². The van der Waals surface area contributed by atoms with Gasteiger partial charge in [-0.05, 0) is 48.1 Å². The number of fused-ring (bicyclic) bond motifs is 4. The number of carboxylic acids is 1. The molecule has 2 aliphatic rings. The van der Waals surface area contributed by atoms with E-state index in [1.54, 1.807) is 6.07 Å². The smallest absolute Gasteiger partial charge is 0.300 e. The van der Waals surface area contributed by atoms with Crippen LogP contribution < -0.4 is 0 Å². The van der Waals surface area contributed by atoms with E-state index in [1.165, 1.54) is 36.0 Å². The summed E-state index contributed by atoms with van der Waals surface area (Å²) in [7, 11) is 0. The van der Waals surface area contributed by atoms with Crippen LogP contribution in [0.5, 0.6) is 5.75 Å². The Balaban J connectivity index is 0.000000239. The number of allylic oxidation sites excluding steroid dienone is 2. The summed E-state index contributed by atoms with van der Waals surface area (Å²) >= 11 is 0. The summed E-state index contributed by atoms with van der Waals surface area (Å²) in [5.41, 5.74) is 4.23. The maximum Gasteiger partial charge on any atom is 0.300 e. The molecule has 1 atom stereocenters. The second-order valence-electron chi connectivity index (χ2n) is 4.43. The first-order chi connectivity index (χ1) is 8.09. The molecule has 0 saturated carbocycles. The largest absolute Gasteiger partial charge is 0.508 e. The van der Waals surface area contributed by atoms with Crippen molar-refractivity contribution in [3.05, 3.63) is 35.4 Å². The topological polar surface area (TPSA) is 57.5 Å². The van der Waals surface area contributed by atoms with Crippen LogP contribution >= 0.6 is 0 Å². The highest BCUT2D eigenvalue weighted by atomic mass is 16.4. The number of benzene rings is 1. The highest BCUT2D eigenvalue weighted by Crippen LogP contribution is 2.51. The Labute approximate surface area is 100 Å². The lowest BCUT2D eigenvalue weighted by atomic mass is 9.68. The molecule has 90 valence electrons. The first kappa shape index (κ1) is 11.7. The van der Waals surface area contributed by atoms with Crippen molar-refractivity contribution in [3.63, 3.8) is 0 Å². The molecule has 3 nitrogen and oxygen atoms in total. The zero-order valence-corrected chi connectivity index (χ0v) is 9.81. The molecule has 0 aliphatic heterocycles. The molecule has 0 heterocycles. The van der Waals surface area contributed by atoms with Gasteiger partial charge in [-0.2, -0.15) is 0 Å². The molecule has 0 amide bonds. The van der Waals surface area contributed by atoms with Crippen molar-refractivity contribution in [2.24, 2.45) is 0 Å². The SMILES string of the molecule is CC(=O)O.Oc1ccc2c(c1)C1CCCC=C21. The van der Waals surface area contributed by atoms with E-state index in [0.717, 1.165) is 6.92 Å². The first-order valence-corrected chi connectivity index (χ1v) is 5.82. The van der Waals surface area contributed by atoms with Gasteiger partial charge in [-0.25, -0.2) is 0 Å². The number of carboxylic acid groups (broad SMARTS) is 1. The minimum atomic E-state index is -0.833. The van der Waals surface area contributed by atoms with Gasteiger partial charge in [0.2, 0.25) is 0 Å². The molecule has 1 unspecified atom stereocenters. The van der Waals surface area contributed by atoms with Crippen molar-refractivity contribution in [2.75, 3.05) is 0 Å². The molecule has 0 aromatic heterocycles. The predicted octanol–water partition coefficient (Wildman–Crippen LogP) is 3.15. The van der Waals surface area contributed by atoms with Gasteiger partial charge in [0.25, 0.3) is 5.97 Å². The predicted molar refractivity (Wildman–Crippen MR) is 66.0 cm³/mol. The number of aromatic hydroxyl groups is 1. The van der Waals surface area contributed by atoms with Gasteiger partial charge in [-0.1, -0.05) is 12.1 Å². The van der Waals surface area contributed by atoms with Gasteiger partial charge in [-0.3, -0.25) is 4.79 Å². The fraction of sp³-hybridized carbons (Fsp3) is 0.357. The molecule has 0 saturated heterocycles. The van der Waals surface area contributed by atoms with Crippen molar-refractivity contribution in [1.29, 1.82) is 0 Å². The van der Waals surface area contributed by atoms with Crippen LogP contribution in [0.3, 0.4) is 0 Å². The van der Waals surface area contributed by atoms with Gasteiger partial charge in [0, 0.05) is 12.8 Å². The molecule has 3 rings (SSSR count). The van der Waals surface area contributed by atoms with E-state index in [0.29, 0.717) is 11.7 Å². The Kier molecular flexibility index (Phi) is 3.18. The van der Waals surface area contributed by atoms with Crippen molar-refractivity contribution < 1.29 is 15.0 Å². The van der Waals surface area contributed by atoms with Crippen LogP contribution in [0.2, 0.25) is 0 Å². The maximum absolute atomic E-state index is 9.34. The van der Waals surface area contributed by atoms with Crippen molar-refractivity contribution in [1.82, 2.24) is 0 Å². The summed E-state index contributed by atoms with van der Waals surface area (Å²) in [6.45, 7) is 1.08. The third kappa shape index (κ3) is 2.33. The summed E-state index contributed by atoms with van der Waals surface area (Å²) in [4.78, 5) is 9.00. The zero-order chi connectivity index (χ0) is 12.4. The van der Waals surface area contributed by atoms with Crippen molar-refractivity contribution in [2.45, 2.75) is 32.1 Å². The standard InChI is InChI=1S/C12H12O.C2H4O2/c13-8-5-6-11-9-3-1-2-4-10(9)12(11)7-8;1-2(3)4/h3,5-7,10,13H,1-2,4H2;1H3,(H,3,4). The van der Waals surface area contributed by atoms with Gasteiger partial charge in [0.05, 0.1) is 0 Å². The van der Waals surface area contributed by atoms with E-state index < -0.39 is 5.97 Å². The average molecular weight is 232 g/mol. The van der Waals surface area contributed by atoms with Crippen LogP contribution in [-0.2, 0) is 4.79 Å². The highest BCUT2D eigenvalue weighted by molar-refractivity contribution is 5.84. The number of carbonyl (C=O) groups is 1. The Bertz CT molecular complexity index is 470. The van der Waals surface area contributed by atoms with E-state index >= 15 is 0 Å². The third-order valence-corrected chi connectivity index (χ3v) is 3.16. The monoisotopic (exact) mass is 232 g/mol. The van der Waals surface area contributed by atoms with E-state index in [-0.39, 0.29) is 0 Å². The molecule has 1 aromatic carbocycles. The van der Waals surface area contributed by atoms with E-state index in [2.05, 4.69) is 6.08 Å². The number of phenolic OH excluding ortho intramolecular Hbond substituents is 1. The van der Waals surface area contributed by atoms with Gasteiger partial charge in [0.1, 0.15) is 5.75 Å². The van der Waals surface area contributed by atoms with Crippen LogP contribution in [0, 0.1) is 0 Å². The molecule has 1 aromatic rings. The molecular formula is C14H16O3. The zero-order valence-electron chi connectivity index (χ0n) is 9.81. The Morgan fingerprint density at radius 3 is 2.82 bits per heavy atom. The third-order valence-electron chi connectivity index (χ3n) is 3.16. The highest BCUT2D eigenvalue weighted by Gasteiger charge is 2.32. The molecule has 17 heavy (non-hydrogen) atoms. The normalized spacial score (nSPS) is 19.8. The lowest BCUT2D eigenvalue weighted by Gasteiger charge is -2.36. The first-order valence-electron chi connectivity index (χ1n) is 5.82. The average Bonchev–Trinajstić information content (AvgIpc) is 2.26. The van der Waals surface area contributed by atoms with E-state index in [4.69, 9.17) is 9.90 Å². The molecule has 3 heteroatoms. The number of hydrogen-bond donors (Lipinski definition) is 2. The van der Waals surface area contributed by atoms with Crippen LogP contribution in [0.1, 0.15) is 43.2 Å². The second kappa shape index (κ2) is 4.62. The lowest BCUT2D eigenvalue weighted by Crippen LogP contribution is -2.18. The number of aliphatic carboxylic acids is 1. The van der Waals surface area contributed by atoms with Crippen LogP contribution in [-0.4, -0.2) is 16.2 Å². The quantitative estimate of drug-likeness (QED) is 0.722. The number of rotatable bonds is 0. The van der Waals surface area contributed by atoms with Crippen LogP contribution in [0.15, 0.2) is 24.3 Å². The molecule has 0 radical (unpaired) electrons. The molecule has 0 fully saturated rings. The summed E-state index contributed by atoms with van der Waals surface area (Å²) in [6, 6.07) is 5.74. The van der Waals surface area contributed by atoms with Crippen molar-refractivity contribution in [3.8, 4) is 5.75 Å². The fourth-order valence-corrected chi connectivity index (χ4v) is 2.52. The molecule has 2 aliphatic carbocycles. The Morgan fingerprint density at radius 2 is 2.12 bits per heavy atom. The second-order valence-corrected chi connectivity index (χ2v) is 4.43. The number of hydrogen-bond acceptors (Lipinski definition) is 2. The fourth-order valence-electron chi connectivity index (χ4n) is 2.52. The summed E-state index contributed by atoms with van der Waals surface area (Å²) in [5, 5.41) is 16.8. The lowest BCUT2D eigenvalue weighted by molar-refractivity contribution is -0.134.